The summed E-state index contributed by atoms with van der Waals surface area (Å²) in [6.45, 7) is 0.147. The van der Waals surface area contributed by atoms with Gasteiger partial charge in [0.25, 0.3) is 11.2 Å². The van der Waals surface area contributed by atoms with Crippen LogP contribution >= 0.6 is 0 Å². The second-order valence-corrected chi connectivity index (χ2v) is 3.77. The van der Waals surface area contributed by atoms with Crippen LogP contribution in [0.5, 0.6) is 0 Å². The maximum Gasteiger partial charge on any atom is 0.285 e. The summed E-state index contributed by atoms with van der Waals surface area (Å²) in [4.78, 5) is 25.8. The number of nitrogen functional groups attached to an aromatic ring is 1. The lowest BCUT2D eigenvalue weighted by molar-refractivity contribution is -0.385. The Morgan fingerprint density at radius 2 is 2.21 bits per heavy atom. The molecular weight excluding hydrogens is 250 g/mol. The van der Waals surface area contributed by atoms with Crippen molar-refractivity contribution < 1.29 is 4.92 Å². The first-order valence-electron chi connectivity index (χ1n) is 5.37. The number of nitrogens with zero attached hydrogens (tertiary/aromatic N) is 3. The average Bonchev–Trinajstić information content (AvgIpc) is 2.41. The quantitative estimate of drug-likeness (QED) is 0.470. The van der Waals surface area contributed by atoms with E-state index in [0.717, 1.165) is 6.07 Å². The van der Waals surface area contributed by atoms with E-state index in [1.807, 2.05) is 0 Å². The predicted octanol–water partition coefficient (Wildman–Crippen LogP) is 0.485. The molecule has 19 heavy (non-hydrogen) atoms. The second-order valence-electron chi connectivity index (χ2n) is 3.77. The number of hydrogen-bond acceptors (Lipinski definition) is 6. The van der Waals surface area contributed by atoms with Crippen molar-refractivity contribution in [2.45, 2.75) is 6.54 Å². The summed E-state index contributed by atoms with van der Waals surface area (Å²) in [7, 11) is 0. The van der Waals surface area contributed by atoms with Gasteiger partial charge in [0.2, 0.25) is 0 Å². The molecule has 0 aromatic carbocycles. The van der Waals surface area contributed by atoms with E-state index >= 15 is 0 Å². The van der Waals surface area contributed by atoms with Gasteiger partial charge in [-0.3, -0.25) is 14.9 Å². The van der Waals surface area contributed by atoms with Crippen molar-refractivity contribution in [1.82, 2.24) is 9.55 Å². The van der Waals surface area contributed by atoms with Gasteiger partial charge in [-0.2, -0.15) is 0 Å². The van der Waals surface area contributed by atoms with Gasteiger partial charge < -0.3 is 9.99 Å². The average molecular weight is 261 g/mol. The van der Waals surface area contributed by atoms with Crippen molar-refractivity contribution in [1.29, 1.82) is 0 Å². The fourth-order valence-electron chi connectivity index (χ4n) is 1.63. The van der Waals surface area contributed by atoms with E-state index in [2.05, 4.69) is 10.4 Å². The summed E-state index contributed by atoms with van der Waals surface area (Å²) < 4.78 is 1.23. The molecule has 98 valence electrons. The molecule has 2 rings (SSSR count). The van der Waals surface area contributed by atoms with E-state index in [1.54, 1.807) is 18.3 Å². The first-order chi connectivity index (χ1) is 9.11. The van der Waals surface area contributed by atoms with Crippen LogP contribution in [0.2, 0.25) is 0 Å². The molecule has 0 saturated carbocycles. The number of nitro groups is 1. The predicted molar refractivity (Wildman–Crippen MR) is 68.5 cm³/mol. The van der Waals surface area contributed by atoms with E-state index in [4.69, 9.17) is 5.84 Å². The highest BCUT2D eigenvalue weighted by Gasteiger charge is 2.09. The Labute approximate surface area is 107 Å². The summed E-state index contributed by atoms with van der Waals surface area (Å²) in [5, 5.41) is 10.7. The van der Waals surface area contributed by atoms with Crippen LogP contribution in [0.3, 0.4) is 0 Å². The minimum Gasteiger partial charge on any atom is -0.308 e. The second kappa shape index (κ2) is 5.27. The summed E-state index contributed by atoms with van der Waals surface area (Å²) in [5.74, 6) is 5.73. The monoisotopic (exact) mass is 261 g/mol. The third-order valence-corrected chi connectivity index (χ3v) is 2.55. The van der Waals surface area contributed by atoms with Crippen molar-refractivity contribution in [3.63, 3.8) is 0 Å². The van der Waals surface area contributed by atoms with Crippen molar-refractivity contribution in [2.24, 2.45) is 5.84 Å². The van der Waals surface area contributed by atoms with Gasteiger partial charge in [-0.15, -0.1) is 0 Å². The van der Waals surface area contributed by atoms with Gasteiger partial charge in [-0.1, -0.05) is 6.07 Å². The molecule has 2 aromatic rings. The highest BCUT2D eigenvalue weighted by molar-refractivity contribution is 5.42. The Bertz CT molecular complexity index is 667. The molecule has 0 bridgehead atoms. The molecule has 0 radical (unpaired) electrons. The molecule has 8 heteroatoms. The molecule has 0 atom stereocenters. The lowest BCUT2D eigenvalue weighted by Gasteiger charge is -2.09. The van der Waals surface area contributed by atoms with E-state index in [1.165, 1.54) is 16.8 Å². The Kier molecular flexibility index (Phi) is 3.53. The smallest absolute Gasteiger partial charge is 0.285 e. The number of nitrogens with two attached hydrogens (primary N) is 1. The Balaban J connectivity index is 2.40. The SMILES string of the molecule is NNc1ncccc1Cn1cc([N+](=O)[O-])ccc1=O. The topological polar surface area (TPSA) is 116 Å². The molecule has 0 aliphatic rings. The number of hydrogen-bond donors (Lipinski definition) is 2. The van der Waals surface area contributed by atoms with Crippen molar-refractivity contribution in [3.05, 3.63) is 62.7 Å². The van der Waals surface area contributed by atoms with Crippen LogP contribution in [-0.4, -0.2) is 14.5 Å². The van der Waals surface area contributed by atoms with Crippen LogP contribution in [0.25, 0.3) is 0 Å². The minimum absolute atomic E-state index is 0.147. The molecule has 2 aromatic heterocycles. The van der Waals surface area contributed by atoms with Gasteiger partial charge >= 0.3 is 0 Å². The zero-order valence-electron chi connectivity index (χ0n) is 9.81. The van der Waals surface area contributed by atoms with Gasteiger partial charge in [0, 0.05) is 23.9 Å². The normalized spacial score (nSPS) is 10.2. The third-order valence-electron chi connectivity index (χ3n) is 2.55. The Morgan fingerprint density at radius 3 is 2.89 bits per heavy atom. The van der Waals surface area contributed by atoms with Crippen LogP contribution in [-0.2, 0) is 6.54 Å². The number of rotatable bonds is 4. The maximum absolute atomic E-state index is 11.7. The van der Waals surface area contributed by atoms with E-state index in [9.17, 15) is 14.9 Å². The first-order valence-corrected chi connectivity index (χ1v) is 5.37. The zero-order chi connectivity index (χ0) is 13.8. The van der Waals surface area contributed by atoms with Crippen LogP contribution in [0.4, 0.5) is 11.5 Å². The third kappa shape index (κ3) is 2.75. The molecule has 0 spiro atoms. The fraction of sp³-hybridized carbons (Fsp3) is 0.0909. The van der Waals surface area contributed by atoms with E-state index < -0.39 is 4.92 Å². The van der Waals surface area contributed by atoms with Gasteiger partial charge in [-0.05, 0) is 6.07 Å². The molecular formula is C11H11N5O3. The molecule has 0 saturated heterocycles. The number of nitrogens with one attached hydrogen (secondary N) is 1. The van der Waals surface area contributed by atoms with Crippen LogP contribution in [0.1, 0.15) is 5.56 Å². The molecule has 2 heterocycles. The number of anilines is 1. The lowest BCUT2D eigenvalue weighted by atomic mass is 10.2. The lowest BCUT2D eigenvalue weighted by Crippen LogP contribution is -2.21. The molecule has 0 aliphatic heterocycles. The van der Waals surface area contributed by atoms with E-state index in [0.29, 0.717) is 11.4 Å². The first kappa shape index (κ1) is 12.7. The van der Waals surface area contributed by atoms with Crippen LogP contribution in [0.15, 0.2) is 41.5 Å². The van der Waals surface area contributed by atoms with Crippen molar-refractivity contribution in [2.75, 3.05) is 5.43 Å². The van der Waals surface area contributed by atoms with Crippen molar-refractivity contribution >= 4 is 11.5 Å². The number of pyridine rings is 2. The summed E-state index contributed by atoms with van der Waals surface area (Å²) in [6, 6.07) is 5.75. The van der Waals surface area contributed by atoms with Gasteiger partial charge in [0.05, 0.1) is 17.7 Å². The Morgan fingerprint density at radius 1 is 1.42 bits per heavy atom. The molecule has 0 fully saturated rings. The van der Waals surface area contributed by atoms with E-state index in [-0.39, 0.29) is 17.8 Å². The standard InChI is InChI=1S/C11H11N5O3/c12-14-11-8(2-1-5-13-11)6-15-7-9(16(18)19)3-4-10(15)17/h1-5,7H,6,12H2,(H,13,14). The molecule has 0 aliphatic carbocycles. The van der Waals surface area contributed by atoms with Gasteiger partial charge in [-0.25, -0.2) is 10.8 Å². The number of aromatic nitrogens is 2. The molecule has 0 amide bonds. The molecule has 0 unspecified atom stereocenters. The largest absolute Gasteiger partial charge is 0.308 e. The molecule has 3 N–H and O–H groups in total. The van der Waals surface area contributed by atoms with Crippen LogP contribution in [0, 0.1) is 10.1 Å². The van der Waals surface area contributed by atoms with Crippen LogP contribution < -0.4 is 16.8 Å². The van der Waals surface area contributed by atoms with Crippen molar-refractivity contribution in [3.8, 4) is 0 Å². The maximum atomic E-state index is 11.7. The summed E-state index contributed by atoms with van der Waals surface area (Å²) >= 11 is 0. The minimum atomic E-state index is -0.554. The summed E-state index contributed by atoms with van der Waals surface area (Å²) in [5.41, 5.74) is 2.59. The highest BCUT2D eigenvalue weighted by atomic mass is 16.6. The van der Waals surface area contributed by atoms with Gasteiger partial charge in [0.15, 0.2) is 0 Å². The Hall–Kier alpha value is -2.74. The fourth-order valence-corrected chi connectivity index (χ4v) is 1.63. The molecule has 8 nitrogen and oxygen atoms in total. The zero-order valence-corrected chi connectivity index (χ0v) is 9.81. The number of hydrazine groups is 1. The summed E-state index contributed by atoms with van der Waals surface area (Å²) in [6.07, 6.45) is 2.74. The highest BCUT2D eigenvalue weighted by Crippen LogP contribution is 2.13. The van der Waals surface area contributed by atoms with Gasteiger partial charge in [0.1, 0.15) is 5.82 Å².